The summed E-state index contributed by atoms with van der Waals surface area (Å²) in [5.41, 5.74) is 7.07. The minimum Gasteiger partial charge on any atom is -0.489 e. The van der Waals surface area contributed by atoms with E-state index in [1.807, 2.05) is 6.92 Å². The molecule has 1 fully saturated rings. The summed E-state index contributed by atoms with van der Waals surface area (Å²) in [7, 11) is 0. The Bertz CT molecular complexity index is 429. The predicted octanol–water partition coefficient (Wildman–Crippen LogP) is 3.42. The Kier molecular flexibility index (Phi) is 3.62. The summed E-state index contributed by atoms with van der Waals surface area (Å²) in [5.74, 6) is 0.557. The summed E-state index contributed by atoms with van der Waals surface area (Å²) < 4.78 is 19.1. The van der Waals surface area contributed by atoms with Crippen LogP contribution >= 0.6 is 0 Å². The van der Waals surface area contributed by atoms with Gasteiger partial charge in [0.05, 0.1) is 0 Å². The van der Waals surface area contributed by atoms with Crippen LogP contribution < -0.4 is 10.5 Å². The molecular weight excluding hydrogens is 229 g/mol. The Morgan fingerprint density at radius 3 is 2.56 bits per heavy atom. The van der Waals surface area contributed by atoms with Gasteiger partial charge in [-0.25, -0.2) is 4.39 Å². The van der Waals surface area contributed by atoms with Gasteiger partial charge in [0, 0.05) is 17.9 Å². The fraction of sp³-hybridized carbons (Fsp3) is 0.600. The predicted molar refractivity (Wildman–Crippen MR) is 71.2 cm³/mol. The van der Waals surface area contributed by atoms with Crippen molar-refractivity contribution in [1.82, 2.24) is 0 Å². The van der Waals surface area contributed by atoms with Crippen LogP contribution in [0.3, 0.4) is 0 Å². The monoisotopic (exact) mass is 251 g/mol. The zero-order valence-electron chi connectivity index (χ0n) is 11.4. The molecule has 0 bridgehead atoms. The second-order valence-electron chi connectivity index (χ2n) is 5.30. The van der Waals surface area contributed by atoms with Crippen molar-refractivity contribution < 1.29 is 9.13 Å². The smallest absolute Gasteiger partial charge is 0.123 e. The average Bonchev–Trinajstić information content (AvgIpc) is 2.33. The second-order valence-corrected chi connectivity index (χ2v) is 5.30. The van der Waals surface area contributed by atoms with Gasteiger partial charge in [-0.3, -0.25) is 0 Å². The first-order valence-electron chi connectivity index (χ1n) is 6.72. The number of hydrogen-bond donors (Lipinski definition) is 1. The Balaban J connectivity index is 2.15. The van der Waals surface area contributed by atoms with E-state index >= 15 is 0 Å². The van der Waals surface area contributed by atoms with Crippen LogP contribution in [0, 0.1) is 18.2 Å². The lowest BCUT2D eigenvalue weighted by atomic mass is 9.59. The fourth-order valence-corrected chi connectivity index (χ4v) is 3.07. The molecular formula is C15H22FNO. The van der Waals surface area contributed by atoms with Crippen molar-refractivity contribution >= 4 is 0 Å². The number of nitrogens with two attached hydrogens (primary N) is 1. The summed E-state index contributed by atoms with van der Waals surface area (Å²) in [6.07, 6.45) is 3.09. The molecule has 0 radical (unpaired) electrons. The van der Waals surface area contributed by atoms with Gasteiger partial charge in [0.2, 0.25) is 0 Å². The Labute approximate surface area is 108 Å². The van der Waals surface area contributed by atoms with Crippen LogP contribution in [0.1, 0.15) is 38.7 Å². The van der Waals surface area contributed by atoms with E-state index in [0.29, 0.717) is 0 Å². The lowest BCUT2D eigenvalue weighted by Crippen LogP contribution is -2.63. The summed E-state index contributed by atoms with van der Waals surface area (Å²) in [6, 6.07) is 4.89. The highest BCUT2D eigenvalue weighted by atomic mass is 19.1. The van der Waals surface area contributed by atoms with E-state index in [9.17, 15) is 4.39 Å². The Morgan fingerprint density at radius 1 is 1.39 bits per heavy atom. The molecule has 18 heavy (non-hydrogen) atoms. The van der Waals surface area contributed by atoms with Crippen LogP contribution in [0.2, 0.25) is 0 Å². The van der Waals surface area contributed by atoms with Crippen molar-refractivity contribution in [3.8, 4) is 5.75 Å². The van der Waals surface area contributed by atoms with Crippen molar-refractivity contribution in [2.45, 2.75) is 52.2 Å². The van der Waals surface area contributed by atoms with Crippen LogP contribution in [0.4, 0.5) is 4.39 Å². The molecule has 2 nitrogen and oxygen atoms in total. The first kappa shape index (κ1) is 13.3. The summed E-state index contributed by atoms with van der Waals surface area (Å²) in [6.45, 7) is 6.20. The summed E-state index contributed by atoms with van der Waals surface area (Å²) in [4.78, 5) is 0. The fourth-order valence-electron chi connectivity index (χ4n) is 3.07. The molecule has 100 valence electrons. The molecule has 3 heteroatoms. The lowest BCUT2D eigenvalue weighted by molar-refractivity contribution is -0.0725. The van der Waals surface area contributed by atoms with Gasteiger partial charge < -0.3 is 10.5 Å². The van der Waals surface area contributed by atoms with E-state index in [2.05, 4.69) is 13.8 Å². The third-order valence-corrected chi connectivity index (χ3v) is 4.57. The van der Waals surface area contributed by atoms with Crippen LogP contribution in [0.5, 0.6) is 5.75 Å². The highest BCUT2D eigenvalue weighted by Crippen LogP contribution is 2.48. The van der Waals surface area contributed by atoms with E-state index in [0.717, 1.165) is 30.6 Å². The number of hydrogen-bond acceptors (Lipinski definition) is 2. The van der Waals surface area contributed by atoms with Crippen molar-refractivity contribution in [3.05, 3.63) is 29.6 Å². The maximum absolute atomic E-state index is 13.1. The molecule has 1 aliphatic rings. The number of rotatable bonds is 4. The number of ether oxygens (including phenoxy) is 1. The van der Waals surface area contributed by atoms with Gasteiger partial charge >= 0.3 is 0 Å². The molecule has 0 heterocycles. The van der Waals surface area contributed by atoms with Crippen LogP contribution in [0.25, 0.3) is 0 Å². The molecule has 0 aromatic heterocycles. The van der Waals surface area contributed by atoms with Crippen LogP contribution in [0.15, 0.2) is 18.2 Å². The summed E-state index contributed by atoms with van der Waals surface area (Å²) >= 11 is 0. The van der Waals surface area contributed by atoms with Gasteiger partial charge in [-0.2, -0.15) is 0 Å². The molecule has 1 aromatic rings. The zero-order chi connectivity index (χ0) is 13.3. The number of aryl methyl sites for hydroxylation is 1. The Hall–Kier alpha value is -1.09. The normalized spacial score (nSPS) is 25.6. The molecule has 1 saturated carbocycles. The third kappa shape index (κ3) is 2.01. The van der Waals surface area contributed by atoms with Crippen LogP contribution in [-0.2, 0) is 0 Å². The SMILES string of the molecule is CCC1(CC)C(N)CC1Oc1ccc(F)cc1C. The number of benzene rings is 1. The van der Waals surface area contributed by atoms with E-state index in [-0.39, 0.29) is 23.4 Å². The zero-order valence-corrected chi connectivity index (χ0v) is 11.4. The number of halogens is 1. The second kappa shape index (κ2) is 4.88. The van der Waals surface area contributed by atoms with Gasteiger partial charge in [-0.15, -0.1) is 0 Å². The highest BCUT2D eigenvalue weighted by Gasteiger charge is 2.52. The molecule has 2 N–H and O–H groups in total. The van der Waals surface area contributed by atoms with Gasteiger partial charge in [-0.05, 0) is 43.5 Å². The van der Waals surface area contributed by atoms with Crippen molar-refractivity contribution in [1.29, 1.82) is 0 Å². The largest absolute Gasteiger partial charge is 0.489 e. The molecule has 2 rings (SSSR count). The van der Waals surface area contributed by atoms with Crippen molar-refractivity contribution in [3.63, 3.8) is 0 Å². The van der Waals surface area contributed by atoms with E-state index < -0.39 is 0 Å². The van der Waals surface area contributed by atoms with Gasteiger partial charge in [0.25, 0.3) is 0 Å². The molecule has 2 unspecified atom stereocenters. The maximum atomic E-state index is 13.1. The van der Waals surface area contributed by atoms with Gasteiger partial charge in [0.15, 0.2) is 0 Å². The molecule has 0 amide bonds. The standard InChI is InChI=1S/C15H22FNO/c1-4-15(5-2)13(17)9-14(15)18-12-7-6-11(16)8-10(12)3/h6-8,13-14H,4-5,9,17H2,1-3H3. The summed E-state index contributed by atoms with van der Waals surface area (Å²) in [5, 5.41) is 0. The molecule has 1 aromatic carbocycles. The molecule has 0 aliphatic heterocycles. The van der Waals surface area contributed by atoms with Crippen molar-refractivity contribution in [2.75, 3.05) is 0 Å². The first-order chi connectivity index (χ1) is 8.53. The van der Waals surface area contributed by atoms with Gasteiger partial charge in [-0.1, -0.05) is 13.8 Å². The van der Waals surface area contributed by atoms with Crippen molar-refractivity contribution in [2.24, 2.45) is 11.1 Å². The molecule has 0 spiro atoms. The maximum Gasteiger partial charge on any atom is 0.123 e. The van der Waals surface area contributed by atoms with Crippen LogP contribution in [-0.4, -0.2) is 12.1 Å². The molecule has 2 atom stereocenters. The minimum atomic E-state index is -0.220. The van der Waals surface area contributed by atoms with E-state index in [1.54, 1.807) is 6.07 Å². The topological polar surface area (TPSA) is 35.2 Å². The van der Waals surface area contributed by atoms with Gasteiger partial charge in [0.1, 0.15) is 17.7 Å². The Morgan fingerprint density at radius 2 is 2.06 bits per heavy atom. The van der Waals surface area contributed by atoms with E-state index in [1.165, 1.54) is 12.1 Å². The first-order valence-corrected chi connectivity index (χ1v) is 6.72. The highest BCUT2D eigenvalue weighted by molar-refractivity contribution is 5.33. The molecule has 1 aliphatic carbocycles. The third-order valence-electron chi connectivity index (χ3n) is 4.57. The minimum absolute atomic E-state index is 0.0842. The van der Waals surface area contributed by atoms with E-state index in [4.69, 9.17) is 10.5 Å². The molecule has 0 saturated heterocycles. The lowest BCUT2D eigenvalue weighted by Gasteiger charge is -2.53. The quantitative estimate of drug-likeness (QED) is 0.890. The average molecular weight is 251 g/mol.